The smallest absolute Gasteiger partial charge is 0.282 e. The average molecular weight is 477 g/mol. The molecule has 0 bridgehead atoms. The van der Waals surface area contributed by atoms with Crippen molar-refractivity contribution in [3.05, 3.63) is 58.1 Å². The summed E-state index contributed by atoms with van der Waals surface area (Å²) in [5.74, 6) is 0.298. The maximum absolute atomic E-state index is 13.2. The number of methoxy groups -OCH3 is 1. The van der Waals surface area contributed by atoms with Gasteiger partial charge in [-0.25, -0.2) is 5.01 Å². The average Bonchev–Trinajstić information content (AvgIpc) is 3.12. The molecule has 4 rings (SSSR count). The van der Waals surface area contributed by atoms with Crippen LogP contribution in [0.15, 0.2) is 47.6 Å². The molecule has 9 heteroatoms. The number of aliphatic hydroxyl groups is 1. The second kappa shape index (κ2) is 9.67. The number of anilines is 1. The molecule has 1 fully saturated rings. The summed E-state index contributed by atoms with van der Waals surface area (Å²) in [5, 5.41) is 19.0. The van der Waals surface area contributed by atoms with Crippen molar-refractivity contribution in [2.75, 3.05) is 25.2 Å². The van der Waals surface area contributed by atoms with Gasteiger partial charge in [-0.3, -0.25) is 15.2 Å². The van der Waals surface area contributed by atoms with Gasteiger partial charge in [0.1, 0.15) is 11.5 Å². The molecule has 32 heavy (non-hydrogen) atoms. The number of ether oxygens (including phenoxy) is 1. The van der Waals surface area contributed by atoms with Crippen LogP contribution in [0.4, 0.5) is 5.69 Å². The van der Waals surface area contributed by atoms with E-state index in [1.54, 1.807) is 24.3 Å². The number of benzene rings is 2. The van der Waals surface area contributed by atoms with E-state index in [-0.39, 0.29) is 24.0 Å². The van der Waals surface area contributed by atoms with E-state index in [1.807, 2.05) is 42.3 Å². The molecule has 2 aliphatic heterocycles. The van der Waals surface area contributed by atoms with Crippen molar-refractivity contribution in [1.82, 2.24) is 10.4 Å². The summed E-state index contributed by atoms with van der Waals surface area (Å²) >= 11 is 12.6. The minimum absolute atomic E-state index is 0.203. The molecule has 2 N–H and O–H groups in total. The van der Waals surface area contributed by atoms with Gasteiger partial charge in [0, 0.05) is 24.0 Å². The van der Waals surface area contributed by atoms with Gasteiger partial charge in [0.2, 0.25) is 0 Å². The number of carbonyl (C=O) groups is 1. The van der Waals surface area contributed by atoms with Crippen LogP contribution >= 0.6 is 23.2 Å². The minimum Gasteiger partial charge on any atom is -0.497 e. The Morgan fingerprint density at radius 2 is 1.84 bits per heavy atom. The van der Waals surface area contributed by atoms with E-state index in [4.69, 9.17) is 33.0 Å². The van der Waals surface area contributed by atoms with Crippen molar-refractivity contribution in [2.24, 2.45) is 11.0 Å². The standard InChI is InChI=1S/C23H26Cl2N4O3/c1-14-21(23(31)27-28-11-9-17(30)10-12-28)26-29(20-8-5-16(24)13-19(20)25)22(14)15-3-6-18(32-2)7-4-15/h3-8,13-14,17,22,30H,9-12H2,1-2H3,(H,27,31)/t14-,22+/m0/s1. The molecule has 0 saturated carbocycles. The molecule has 1 saturated heterocycles. The zero-order valence-corrected chi connectivity index (χ0v) is 19.5. The van der Waals surface area contributed by atoms with Crippen molar-refractivity contribution in [3.8, 4) is 5.75 Å². The fourth-order valence-electron chi connectivity index (χ4n) is 4.16. The van der Waals surface area contributed by atoms with Crippen LogP contribution in [-0.4, -0.2) is 48.0 Å². The zero-order valence-electron chi connectivity index (χ0n) is 18.0. The Hall–Kier alpha value is -2.32. The molecule has 0 aromatic heterocycles. The van der Waals surface area contributed by atoms with Crippen LogP contribution in [0.25, 0.3) is 0 Å². The van der Waals surface area contributed by atoms with Gasteiger partial charge in [-0.05, 0) is 48.7 Å². The highest BCUT2D eigenvalue weighted by atomic mass is 35.5. The molecule has 2 aliphatic rings. The molecule has 1 amide bonds. The van der Waals surface area contributed by atoms with E-state index in [2.05, 4.69) is 5.43 Å². The van der Waals surface area contributed by atoms with Gasteiger partial charge in [0.05, 0.1) is 30.0 Å². The predicted octanol–water partition coefficient (Wildman–Crippen LogP) is 4.04. The van der Waals surface area contributed by atoms with Crippen LogP contribution in [0.2, 0.25) is 10.0 Å². The van der Waals surface area contributed by atoms with E-state index < -0.39 is 0 Å². The quantitative estimate of drug-likeness (QED) is 0.680. The molecule has 2 heterocycles. The summed E-state index contributed by atoms with van der Waals surface area (Å²) in [6, 6.07) is 12.7. The maximum atomic E-state index is 13.2. The minimum atomic E-state index is -0.312. The maximum Gasteiger partial charge on any atom is 0.282 e. The van der Waals surface area contributed by atoms with Gasteiger partial charge in [-0.1, -0.05) is 42.3 Å². The lowest BCUT2D eigenvalue weighted by Crippen LogP contribution is -2.50. The third-order valence-electron chi connectivity index (χ3n) is 5.95. The Bertz CT molecular complexity index is 1010. The van der Waals surface area contributed by atoms with E-state index in [1.165, 1.54) is 0 Å². The van der Waals surface area contributed by atoms with Gasteiger partial charge in [0.15, 0.2) is 0 Å². The normalized spacial score (nSPS) is 22.0. The third kappa shape index (κ3) is 4.71. The molecule has 7 nitrogen and oxygen atoms in total. The predicted molar refractivity (Wildman–Crippen MR) is 126 cm³/mol. The number of nitrogens with zero attached hydrogens (tertiary/aromatic N) is 3. The molecular formula is C23H26Cl2N4O3. The van der Waals surface area contributed by atoms with Crippen molar-refractivity contribution < 1.29 is 14.6 Å². The molecule has 2 aromatic carbocycles. The summed E-state index contributed by atoms with van der Waals surface area (Å²) in [6.07, 6.45) is 0.944. The summed E-state index contributed by atoms with van der Waals surface area (Å²) < 4.78 is 5.29. The Kier molecular flexibility index (Phi) is 6.90. The van der Waals surface area contributed by atoms with Crippen LogP contribution < -0.4 is 15.2 Å². The number of carbonyl (C=O) groups excluding carboxylic acids is 1. The molecule has 170 valence electrons. The number of hydrogen-bond donors (Lipinski definition) is 2. The van der Waals surface area contributed by atoms with Crippen molar-refractivity contribution >= 4 is 40.5 Å². The second-order valence-corrected chi connectivity index (χ2v) is 8.94. The number of hydrogen-bond acceptors (Lipinski definition) is 6. The van der Waals surface area contributed by atoms with Gasteiger partial charge >= 0.3 is 0 Å². The largest absolute Gasteiger partial charge is 0.497 e. The van der Waals surface area contributed by atoms with E-state index in [9.17, 15) is 9.90 Å². The van der Waals surface area contributed by atoms with Crippen LogP contribution in [0.3, 0.4) is 0 Å². The number of hydrazine groups is 1. The topological polar surface area (TPSA) is 77.4 Å². The van der Waals surface area contributed by atoms with Gasteiger partial charge in [-0.2, -0.15) is 5.10 Å². The number of amides is 1. The van der Waals surface area contributed by atoms with E-state index >= 15 is 0 Å². The molecule has 2 atom stereocenters. The lowest BCUT2D eigenvalue weighted by Gasteiger charge is -2.30. The summed E-state index contributed by atoms with van der Waals surface area (Å²) in [5.41, 5.74) is 5.03. The first-order chi connectivity index (χ1) is 15.4. The Morgan fingerprint density at radius 3 is 2.47 bits per heavy atom. The van der Waals surface area contributed by atoms with Crippen molar-refractivity contribution in [1.29, 1.82) is 0 Å². The Labute approximate surface area is 197 Å². The van der Waals surface area contributed by atoms with Gasteiger partial charge < -0.3 is 9.84 Å². The molecule has 0 unspecified atom stereocenters. The number of nitrogens with one attached hydrogen (secondary N) is 1. The zero-order chi connectivity index (χ0) is 22.8. The van der Waals surface area contributed by atoms with Crippen LogP contribution in [0, 0.1) is 5.92 Å². The van der Waals surface area contributed by atoms with Crippen LogP contribution in [-0.2, 0) is 4.79 Å². The molecule has 0 spiro atoms. The Morgan fingerprint density at radius 1 is 1.16 bits per heavy atom. The number of halogens is 2. The summed E-state index contributed by atoms with van der Waals surface area (Å²) in [4.78, 5) is 13.2. The monoisotopic (exact) mass is 476 g/mol. The number of piperidine rings is 1. The van der Waals surface area contributed by atoms with Crippen LogP contribution in [0.5, 0.6) is 5.75 Å². The van der Waals surface area contributed by atoms with E-state index in [0.29, 0.717) is 47.4 Å². The lowest BCUT2D eigenvalue weighted by atomic mass is 9.91. The number of hydrazone groups is 1. The highest BCUT2D eigenvalue weighted by Crippen LogP contribution is 2.42. The first-order valence-corrected chi connectivity index (χ1v) is 11.3. The van der Waals surface area contributed by atoms with Crippen molar-refractivity contribution in [3.63, 3.8) is 0 Å². The Balaban J connectivity index is 1.65. The van der Waals surface area contributed by atoms with Crippen LogP contribution in [0.1, 0.15) is 31.4 Å². The van der Waals surface area contributed by atoms with E-state index in [0.717, 1.165) is 11.3 Å². The molecular weight excluding hydrogens is 451 g/mol. The summed E-state index contributed by atoms with van der Waals surface area (Å²) in [7, 11) is 1.62. The third-order valence-corrected chi connectivity index (χ3v) is 6.49. The molecule has 0 radical (unpaired) electrons. The molecule has 0 aliphatic carbocycles. The SMILES string of the molecule is COc1ccc([C@H]2[C@@H](C)C(C(=O)NN3CCC(O)CC3)=NN2c2ccc(Cl)cc2Cl)cc1. The lowest BCUT2D eigenvalue weighted by molar-refractivity contribution is -0.120. The van der Waals surface area contributed by atoms with Gasteiger partial charge in [0.25, 0.3) is 5.91 Å². The summed E-state index contributed by atoms with van der Waals surface area (Å²) in [6.45, 7) is 3.18. The van der Waals surface area contributed by atoms with Gasteiger partial charge in [-0.15, -0.1) is 0 Å². The highest BCUT2D eigenvalue weighted by Gasteiger charge is 2.40. The number of aliphatic hydroxyl groups excluding tert-OH is 1. The number of rotatable bonds is 5. The fourth-order valence-corrected chi connectivity index (χ4v) is 4.66. The second-order valence-electron chi connectivity index (χ2n) is 8.09. The fraction of sp³-hybridized carbons (Fsp3) is 0.391. The first kappa shape index (κ1) is 22.9. The molecule has 2 aromatic rings. The van der Waals surface area contributed by atoms with Crippen molar-refractivity contribution in [2.45, 2.75) is 31.9 Å². The highest BCUT2D eigenvalue weighted by molar-refractivity contribution is 6.41. The first-order valence-electron chi connectivity index (χ1n) is 10.6.